The van der Waals surface area contributed by atoms with Gasteiger partial charge in [0.05, 0.1) is 0 Å². The number of fused-ring (bicyclic) bond motifs is 1. The number of para-hydroxylation sites is 1. The van der Waals surface area contributed by atoms with Crippen molar-refractivity contribution in [3.63, 3.8) is 0 Å². The van der Waals surface area contributed by atoms with Crippen LogP contribution in [0.15, 0.2) is 56.1 Å². The standard InChI is InChI=1S/C14H10N2O3S/c1-16-6-7-20-14(16)15-12(17)10-8-9-4-2-3-5-11(9)19-13(10)18/h2-8H,1H3. The quantitative estimate of drug-likeness (QED) is 0.642. The topological polar surface area (TPSA) is 64.6 Å². The molecule has 0 bridgehead atoms. The molecule has 20 heavy (non-hydrogen) atoms. The first-order valence-corrected chi connectivity index (χ1v) is 6.75. The first-order chi connectivity index (χ1) is 9.65. The van der Waals surface area contributed by atoms with Crippen LogP contribution in [-0.4, -0.2) is 10.5 Å². The normalized spacial score (nSPS) is 11.9. The summed E-state index contributed by atoms with van der Waals surface area (Å²) in [5.41, 5.74) is -0.274. The predicted octanol–water partition coefficient (Wildman–Crippen LogP) is 1.93. The van der Waals surface area contributed by atoms with E-state index in [2.05, 4.69) is 4.99 Å². The van der Waals surface area contributed by atoms with Crippen LogP contribution >= 0.6 is 11.3 Å². The number of aryl methyl sites for hydroxylation is 1. The highest BCUT2D eigenvalue weighted by Gasteiger charge is 2.12. The Hall–Kier alpha value is -2.47. The van der Waals surface area contributed by atoms with E-state index in [4.69, 9.17) is 4.42 Å². The van der Waals surface area contributed by atoms with Crippen LogP contribution < -0.4 is 10.4 Å². The lowest BCUT2D eigenvalue weighted by atomic mass is 10.2. The van der Waals surface area contributed by atoms with Crippen LogP contribution in [0.2, 0.25) is 0 Å². The summed E-state index contributed by atoms with van der Waals surface area (Å²) >= 11 is 1.32. The molecule has 0 spiro atoms. The summed E-state index contributed by atoms with van der Waals surface area (Å²) in [5, 5.41) is 2.51. The van der Waals surface area contributed by atoms with Crippen LogP contribution in [0.25, 0.3) is 11.0 Å². The Balaban J connectivity index is 2.15. The highest BCUT2D eigenvalue weighted by molar-refractivity contribution is 7.07. The van der Waals surface area contributed by atoms with Crippen molar-refractivity contribution in [1.29, 1.82) is 0 Å². The van der Waals surface area contributed by atoms with Gasteiger partial charge in [-0.1, -0.05) is 18.2 Å². The van der Waals surface area contributed by atoms with Crippen LogP contribution in [-0.2, 0) is 7.05 Å². The monoisotopic (exact) mass is 286 g/mol. The second-order valence-electron chi connectivity index (χ2n) is 4.20. The third kappa shape index (κ3) is 2.21. The highest BCUT2D eigenvalue weighted by atomic mass is 32.1. The summed E-state index contributed by atoms with van der Waals surface area (Å²) in [4.78, 5) is 28.4. The van der Waals surface area contributed by atoms with Gasteiger partial charge in [0.1, 0.15) is 11.1 Å². The molecule has 0 atom stereocenters. The molecule has 0 N–H and O–H groups in total. The average Bonchev–Trinajstić information content (AvgIpc) is 2.83. The van der Waals surface area contributed by atoms with E-state index in [1.165, 1.54) is 17.4 Å². The zero-order valence-electron chi connectivity index (χ0n) is 10.6. The number of hydrogen-bond donors (Lipinski definition) is 0. The lowest BCUT2D eigenvalue weighted by Gasteiger charge is -1.98. The molecule has 0 fully saturated rings. The molecule has 5 nitrogen and oxygen atoms in total. The molecule has 1 amide bonds. The third-order valence-corrected chi connectivity index (χ3v) is 3.68. The van der Waals surface area contributed by atoms with Crippen molar-refractivity contribution in [3.8, 4) is 0 Å². The largest absolute Gasteiger partial charge is 0.422 e. The van der Waals surface area contributed by atoms with Gasteiger partial charge in [0.25, 0.3) is 5.91 Å². The molecule has 0 radical (unpaired) electrons. The van der Waals surface area contributed by atoms with Gasteiger partial charge in [-0.2, -0.15) is 4.99 Å². The van der Waals surface area contributed by atoms with Crippen molar-refractivity contribution in [2.45, 2.75) is 0 Å². The summed E-state index contributed by atoms with van der Waals surface area (Å²) in [6.07, 6.45) is 1.79. The lowest BCUT2D eigenvalue weighted by Crippen LogP contribution is -2.17. The number of rotatable bonds is 1. The summed E-state index contributed by atoms with van der Waals surface area (Å²) in [6, 6.07) is 8.55. The van der Waals surface area contributed by atoms with Crippen molar-refractivity contribution in [3.05, 3.63) is 62.7 Å². The van der Waals surface area contributed by atoms with E-state index in [9.17, 15) is 9.59 Å². The van der Waals surface area contributed by atoms with E-state index in [1.807, 2.05) is 11.4 Å². The molecule has 0 aliphatic heterocycles. The van der Waals surface area contributed by atoms with Gasteiger partial charge in [-0.05, 0) is 12.1 Å². The molecule has 1 aromatic carbocycles. The van der Waals surface area contributed by atoms with Crippen LogP contribution in [0.1, 0.15) is 10.4 Å². The Labute approximate surface area is 117 Å². The smallest absolute Gasteiger partial charge is 0.349 e. The van der Waals surface area contributed by atoms with Crippen LogP contribution in [0.4, 0.5) is 0 Å². The van der Waals surface area contributed by atoms with Crippen molar-refractivity contribution in [2.24, 2.45) is 12.0 Å². The zero-order valence-corrected chi connectivity index (χ0v) is 11.4. The van der Waals surface area contributed by atoms with E-state index in [-0.39, 0.29) is 5.56 Å². The molecular weight excluding hydrogens is 276 g/mol. The molecule has 6 heteroatoms. The van der Waals surface area contributed by atoms with Gasteiger partial charge >= 0.3 is 5.63 Å². The number of amides is 1. The molecule has 2 aromatic heterocycles. The van der Waals surface area contributed by atoms with E-state index in [0.717, 1.165) is 0 Å². The van der Waals surface area contributed by atoms with E-state index in [0.29, 0.717) is 15.8 Å². The molecule has 2 heterocycles. The molecule has 0 unspecified atom stereocenters. The number of carbonyl (C=O) groups excluding carboxylic acids is 1. The summed E-state index contributed by atoms with van der Waals surface area (Å²) in [6.45, 7) is 0. The zero-order chi connectivity index (χ0) is 14.1. The second-order valence-corrected chi connectivity index (χ2v) is 5.07. The third-order valence-electron chi connectivity index (χ3n) is 2.83. The van der Waals surface area contributed by atoms with Crippen molar-refractivity contribution < 1.29 is 9.21 Å². The molecule has 0 saturated carbocycles. The fraction of sp³-hybridized carbons (Fsp3) is 0.0714. The van der Waals surface area contributed by atoms with Crippen LogP contribution in [0, 0.1) is 0 Å². The number of hydrogen-bond acceptors (Lipinski definition) is 4. The van der Waals surface area contributed by atoms with Crippen LogP contribution in [0.5, 0.6) is 0 Å². The van der Waals surface area contributed by atoms with E-state index in [1.54, 1.807) is 36.0 Å². The Morgan fingerprint density at radius 1 is 1.35 bits per heavy atom. The van der Waals surface area contributed by atoms with Gasteiger partial charge in [0.15, 0.2) is 4.80 Å². The highest BCUT2D eigenvalue weighted by Crippen LogP contribution is 2.12. The maximum absolute atomic E-state index is 12.1. The molecule has 0 aliphatic carbocycles. The van der Waals surface area contributed by atoms with Gasteiger partial charge in [-0.15, -0.1) is 11.3 Å². The van der Waals surface area contributed by atoms with E-state index < -0.39 is 11.5 Å². The number of thiazole rings is 1. The van der Waals surface area contributed by atoms with Crippen LogP contribution in [0.3, 0.4) is 0 Å². The average molecular weight is 286 g/mol. The molecule has 3 rings (SSSR count). The summed E-state index contributed by atoms with van der Waals surface area (Å²) in [7, 11) is 1.78. The molecule has 0 saturated heterocycles. The Kier molecular flexibility index (Phi) is 3.08. The Morgan fingerprint density at radius 3 is 2.90 bits per heavy atom. The Bertz CT molecular complexity index is 918. The second kappa shape index (κ2) is 4.90. The maximum atomic E-state index is 12.1. The van der Waals surface area contributed by atoms with Gasteiger partial charge in [-0.25, -0.2) is 4.79 Å². The minimum absolute atomic E-state index is 0.0582. The fourth-order valence-electron chi connectivity index (χ4n) is 1.79. The fourth-order valence-corrected chi connectivity index (χ4v) is 2.52. The molecule has 3 aromatic rings. The van der Waals surface area contributed by atoms with Crippen molar-refractivity contribution >= 4 is 28.2 Å². The van der Waals surface area contributed by atoms with Crippen molar-refractivity contribution in [1.82, 2.24) is 4.57 Å². The summed E-state index contributed by atoms with van der Waals surface area (Å²) < 4.78 is 6.84. The molecular formula is C14H10N2O3S. The lowest BCUT2D eigenvalue weighted by molar-refractivity contribution is 0.0994. The SMILES string of the molecule is Cn1ccsc1=NC(=O)c1cc2ccccc2oc1=O. The first kappa shape index (κ1) is 12.6. The van der Waals surface area contributed by atoms with Gasteiger partial charge in [0, 0.05) is 24.0 Å². The summed E-state index contributed by atoms with van der Waals surface area (Å²) in [5.74, 6) is -0.595. The minimum Gasteiger partial charge on any atom is -0.422 e. The number of nitrogens with zero attached hydrogens (tertiary/aromatic N) is 2. The number of carbonyl (C=O) groups is 1. The minimum atomic E-state index is -0.670. The first-order valence-electron chi connectivity index (χ1n) is 5.87. The van der Waals surface area contributed by atoms with Gasteiger partial charge in [0.2, 0.25) is 0 Å². The predicted molar refractivity (Wildman–Crippen MR) is 75.7 cm³/mol. The van der Waals surface area contributed by atoms with Crippen molar-refractivity contribution in [2.75, 3.05) is 0 Å². The van der Waals surface area contributed by atoms with Gasteiger partial charge in [-0.3, -0.25) is 4.79 Å². The maximum Gasteiger partial charge on any atom is 0.349 e. The molecule has 100 valence electrons. The van der Waals surface area contributed by atoms with E-state index >= 15 is 0 Å². The number of benzene rings is 1. The Morgan fingerprint density at radius 2 is 2.15 bits per heavy atom. The number of aromatic nitrogens is 1. The molecule has 0 aliphatic rings. The van der Waals surface area contributed by atoms with Gasteiger partial charge < -0.3 is 8.98 Å².